The van der Waals surface area contributed by atoms with E-state index in [2.05, 4.69) is 212 Å². The summed E-state index contributed by atoms with van der Waals surface area (Å²) in [7, 11) is 0. The average molecular weight is 737 g/mol. The lowest BCUT2D eigenvalue weighted by Crippen LogP contribution is -2.09. The molecule has 0 N–H and O–H groups in total. The molecule has 268 valence electrons. The molecule has 58 heavy (non-hydrogen) atoms. The number of rotatable bonds is 4. The van der Waals surface area contributed by atoms with Crippen molar-refractivity contribution in [3.63, 3.8) is 0 Å². The highest BCUT2D eigenvalue weighted by molar-refractivity contribution is 6.41. The highest BCUT2D eigenvalue weighted by atomic mass is 15.1. The maximum Gasteiger partial charge on any atom is 0.0642 e. The molecule has 0 spiro atoms. The van der Waals surface area contributed by atoms with E-state index in [0.29, 0.717) is 0 Å². The van der Waals surface area contributed by atoms with Crippen molar-refractivity contribution in [2.45, 2.75) is 0 Å². The number of nitrogens with zero attached hydrogens (tertiary/aromatic N) is 4. The van der Waals surface area contributed by atoms with Crippen molar-refractivity contribution in [1.29, 1.82) is 0 Å². The molecule has 5 aromatic heterocycles. The van der Waals surface area contributed by atoms with Crippen molar-refractivity contribution in [2.75, 3.05) is 4.90 Å². The van der Waals surface area contributed by atoms with E-state index >= 15 is 0 Å². The topological polar surface area (TPSA) is 17.0 Å². The smallest absolute Gasteiger partial charge is 0.0642 e. The Morgan fingerprint density at radius 2 is 0.793 bits per heavy atom. The lowest BCUT2D eigenvalue weighted by molar-refractivity contribution is 1.19. The van der Waals surface area contributed by atoms with Gasteiger partial charge >= 0.3 is 0 Å². The molecule has 14 aromatic rings. The fraction of sp³-hybridized carbons (Fsp3) is 0. The van der Waals surface area contributed by atoms with Gasteiger partial charge in [-0.3, -0.25) is 0 Å². The van der Waals surface area contributed by atoms with Crippen molar-refractivity contribution in [1.82, 2.24) is 13.4 Å². The Labute approximate surface area is 331 Å². The lowest BCUT2D eigenvalue weighted by Gasteiger charge is -2.25. The summed E-state index contributed by atoms with van der Waals surface area (Å²) in [5.74, 6) is 0. The molecule has 0 bridgehead atoms. The van der Waals surface area contributed by atoms with Crippen LogP contribution in [0.25, 0.3) is 104 Å². The number of anilines is 3. The first-order valence-electron chi connectivity index (χ1n) is 20.0. The highest BCUT2D eigenvalue weighted by Gasteiger charge is 2.28. The van der Waals surface area contributed by atoms with Crippen LogP contribution in [0, 0.1) is 0 Å². The van der Waals surface area contributed by atoms with Crippen LogP contribution >= 0.6 is 0 Å². The Morgan fingerprint density at radius 1 is 0.276 bits per heavy atom. The van der Waals surface area contributed by atoms with Gasteiger partial charge in [0.15, 0.2) is 0 Å². The summed E-state index contributed by atoms with van der Waals surface area (Å²) in [5, 5.41) is 12.9. The Kier molecular flexibility index (Phi) is 5.73. The number of para-hydroxylation sites is 6. The zero-order valence-electron chi connectivity index (χ0n) is 31.3. The predicted octanol–water partition coefficient (Wildman–Crippen LogP) is 14.6. The summed E-state index contributed by atoms with van der Waals surface area (Å²) in [6.07, 6.45) is 0. The molecular weight excluding hydrogens is 705 g/mol. The largest absolute Gasteiger partial charge is 0.310 e. The Hall–Kier alpha value is -7.82. The van der Waals surface area contributed by atoms with E-state index in [4.69, 9.17) is 0 Å². The summed E-state index contributed by atoms with van der Waals surface area (Å²) in [6, 6.07) is 71.3. The second kappa shape index (κ2) is 10.9. The quantitative estimate of drug-likeness (QED) is 0.176. The van der Waals surface area contributed by atoms with Crippen LogP contribution in [-0.2, 0) is 0 Å². The van der Waals surface area contributed by atoms with Crippen LogP contribution in [0.2, 0.25) is 0 Å². The molecule has 9 aromatic carbocycles. The van der Waals surface area contributed by atoms with Gasteiger partial charge in [-0.1, -0.05) is 115 Å². The van der Waals surface area contributed by atoms with Crippen molar-refractivity contribution < 1.29 is 0 Å². The first kappa shape index (κ1) is 30.4. The van der Waals surface area contributed by atoms with Gasteiger partial charge in [0.2, 0.25) is 0 Å². The van der Waals surface area contributed by atoms with E-state index in [-0.39, 0.29) is 0 Å². The van der Waals surface area contributed by atoms with E-state index in [0.717, 1.165) is 17.1 Å². The Balaban J connectivity index is 1.18. The molecule has 0 saturated carbocycles. The van der Waals surface area contributed by atoms with Gasteiger partial charge in [0, 0.05) is 76.6 Å². The van der Waals surface area contributed by atoms with E-state index in [9.17, 15) is 0 Å². The Bertz CT molecular complexity index is 3910. The summed E-state index contributed by atoms with van der Waals surface area (Å²) in [5.41, 5.74) is 14.6. The van der Waals surface area contributed by atoms with Gasteiger partial charge in [0.1, 0.15) is 0 Å². The molecule has 0 atom stereocenters. The second-order valence-electron chi connectivity index (χ2n) is 15.7. The third kappa shape index (κ3) is 3.70. The fourth-order valence-corrected chi connectivity index (χ4v) is 10.6. The zero-order valence-corrected chi connectivity index (χ0v) is 31.3. The summed E-state index contributed by atoms with van der Waals surface area (Å²) >= 11 is 0. The number of benzene rings is 9. The lowest BCUT2D eigenvalue weighted by atomic mass is 9.99. The molecule has 4 nitrogen and oxygen atoms in total. The van der Waals surface area contributed by atoms with Gasteiger partial charge < -0.3 is 18.3 Å². The van der Waals surface area contributed by atoms with Gasteiger partial charge in [0.05, 0.1) is 44.1 Å². The van der Waals surface area contributed by atoms with Crippen molar-refractivity contribution >= 4 is 115 Å². The van der Waals surface area contributed by atoms with Crippen molar-refractivity contribution in [2.24, 2.45) is 0 Å². The monoisotopic (exact) mass is 736 g/mol. The molecule has 0 aliphatic carbocycles. The van der Waals surface area contributed by atoms with Crippen molar-refractivity contribution in [3.05, 3.63) is 194 Å². The van der Waals surface area contributed by atoms with E-state index in [1.54, 1.807) is 0 Å². The number of hydrogen-bond donors (Lipinski definition) is 0. The summed E-state index contributed by atoms with van der Waals surface area (Å²) in [4.78, 5) is 2.36. The summed E-state index contributed by atoms with van der Waals surface area (Å²) < 4.78 is 7.60. The third-order valence-electron chi connectivity index (χ3n) is 12.8. The van der Waals surface area contributed by atoms with E-state index < -0.39 is 0 Å². The molecule has 0 aliphatic heterocycles. The molecule has 0 aliphatic rings. The molecule has 0 amide bonds. The molecule has 14 rings (SSSR count). The average Bonchev–Trinajstić information content (AvgIpc) is 4.07. The SMILES string of the molecule is c1ccc(N(c2ccccc2)c2ccc3c4cc5c(c6cc7c8ccccc8n(-c8ccccc8)c7c7c8ccccc8n5c67)c5c6ccccc6n(c3c2)c45)cc1. The van der Waals surface area contributed by atoms with Gasteiger partial charge in [-0.15, -0.1) is 0 Å². The normalized spacial score (nSPS) is 12.5. The first-order valence-corrected chi connectivity index (χ1v) is 20.0. The van der Waals surface area contributed by atoms with Crippen LogP contribution in [0.3, 0.4) is 0 Å². The van der Waals surface area contributed by atoms with E-state index in [1.165, 1.54) is 104 Å². The molecule has 4 heteroatoms. The van der Waals surface area contributed by atoms with Gasteiger partial charge in [0.25, 0.3) is 0 Å². The maximum atomic E-state index is 2.57. The van der Waals surface area contributed by atoms with Gasteiger partial charge in [-0.2, -0.15) is 0 Å². The zero-order chi connectivity index (χ0) is 37.6. The van der Waals surface area contributed by atoms with Gasteiger partial charge in [-0.25, -0.2) is 0 Å². The van der Waals surface area contributed by atoms with Crippen LogP contribution in [0.5, 0.6) is 0 Å². The predicted molar refractivity (Wildman–Crippen MR) is 245 cm³/mol. The second-order valence-corrected chi connectivity index (χ2v) is 15.7. The van der Waals surface area contributed by atoms with Crippen LogP contribution in [-0.4, -0.2) is 13.4 Å². The molecule has 5 heterocycles. The van der Waals surface area contributed by atoms with Crippen LogP contribution < -0.4 is 4.90 Å². The minimum atomic E-state index is 1.13. The number of fused-ring (bicyclic) bond motifs is 17. The Morgan fingerprint density at radius 3 is 1.48 bits per heavy atom. The summed E-state index contributed by atoms with van der Waals surface area (Å²) in [6.45, 7) is 0. The molecule has 0 saturated heterocycles. The molecule has 0 fully saturated rings. The third-order valence-corrected chi connectivity index (χ3v) is 12.8. The standard InChI is InChI=1S/C54H32N4/c1-4-16-33(17-5-1)55(34-18-6-2-7-19-34)36-28-29-38-42-32-48-49(50-39-23-11-14-26-45(39)57(52(42)50)47(38)30-36)43-31-41-37-22-10-13-25-44(37)56(35-20-8-3-9-21-35)53(41)51-40-24-12-15-27-46(40)58(48)54(43)51/h1-32H. The highest BCUT2D eigenvalue weighted by Crippen LogP contribution is 2.51. The van der Waals surface area contributed by atoms with Crippen molar-refractivity contribution in [3.8, 4) is 5.69 Å². The maximum absolute atomic E-state index is 2.57. The molecule has 0 radical (unpaired) electrons. The van der Waals surface area contributed by atoms with E-state index in [1.807, 2.05) is 0 Å². The number of aromatic nitrogens is 3. The number of hydrogen-bond acceptors (Lipinski definition) is 1. The van der Waals surface area contributed by atoms with Crippen LogP contribution in [0.15, 0.2) is 194 Å². The van der Waals surface area contributed by atoms with Gasteiger partial charge in [-0.05, 0) is 78.9 Å². The van der Waals surface area contributed by atoms with Crippen LogP contribution in [0.4, 0.5) is 17.1 Å². The van der Waals surface area contributed by atoms with Crippen LogP contribution in [0.1, 0.15) is 0 Å². The first-order chi connectivity index (χ1) is 28.8. The minimum absolute atomic E-state index is 1.13. The fourth-order valence-electron chi connectivity index (χ4n) is 10.6. The minimum Gasteiger partial charge on any atom is -0.310 e. The molecular formula is C54H32N4. The molecule has 0 unspecified atom stereocenters.